The molecule has 0 bridgehead atoms. The quantitative estimate of drug-likeness (QED) is 0.407. The van der Waals surface area contributed by atoms with Crippen LogP contribution < -0.4 is 0 Å². The standard InChI is InChI=1S/C7H7.2Bi.6H/c1-7-5-3-2-4-6-7;;;;;;;;/h3-6H,1H3;;;;;;;;. The zero-order chi connectivity index (χ0) is 5.11. The normalized spacial score (nSPS) is 6.78. The van der Waals surface area contributed by atoms with Gasteiger partial charge in [-0.15, -0.1) is 0 Å². The van der Waals surface area contributed by atoms with Crippen LogP contribution in [0.15, 0.2) is 24.3 Å². The summed E-state index contributed by atoms with van der Waals surface area (Å²) in [6.07, 6.45) is 0. The van der Waals surface area contributed by atoms with Crippen LogP contribution in [0.25, 0.3) is 0 Å². The fourth-order valence-electron chi connectivity index (χ4n) is 0.470. The summed E-state index contributed by atoms with van der Waals surface area (Å²) in [5.74, 6) is 0. The summed E-state index contributed by atoms with van der Waals surface area (Å²) in [6, 6.07) is 10.8. The maximum atomic E-state index is 2.93. The Morgan fingerprint density at radius 2 is 1.56 bits per heavy atom. The van der Waals surface area contributed by atoms with E-state index in [1.807, 2.05) is 24.3 Å². The Bertz CT molecular complexity index is 137. The molecule has 0 aliphatic rings. The van der Waals surface area contributed by atoms with Crippen molar-refractivity contribution < 1.29 is 0 Å². The van der Waals surface area contributed by atoms with Gasteiger partial charge >= 0.3 is 52.4 Å². The molecule has 0 amide bonds. The molecule has 51 valence electrons. The average molecular weight is 515 g/mol. The van der Waals surface area contributed by atoms with Gasteiger partial charge in [-0.3, -0.25) is 0 Å². The van der Waals surface area contributed by atoms with Crippen LogP contribution in [0.2, 0.25) is 0 Å². The molecule has 0 aliphatic heterocycles. The molecule has 0 saturated heterocycles. The number of rotatable bonds is 0. The molecule has 1 aromatic carbocycles. The van der Waals surface area contributed by atoms with Crippen LogP contribution in [0, 0.1) is 13.0 Å². The molecular formula is C7H13Bi2. The van der Waals surface area contributed by atoms with E-state index in [0.717, 1.165) is 0 Å². The van der Waals surface area contributed by atoms with Gasteiger partial charge in [-0.2, -0.15) is 0 Å². The van der Waals surface area contributed by atoms with Crippen molar-refractivity contribution in [2.24, 2.45) is 0 Å². The van der Waals surface area contributed by atoms with E-state index in [4.69, 9.17) is 0 Å². The Labute approximate surface area is 94.3 Å². The number of hydrogen-bond acceptors (Lipinski definition) is 0. The third-order valence-corrected chi connectivity index (χ3v) is 0.885. The van der Waals surface area contributed by atoms with E-state index in [2.05, 4.69) is 13.0 Å². The summed E-state index contributed by atoms with van der Waals surface area (Å²) in [5.41, 5.74) is 1.29. The van der Waals surface area contributed by atoms with Gasteiger partial charge in [-0.05, 0) is 13.0 Å². The van der Waals surface area contributed by atoms with Crippen molar-refractivity contribution in [3.05, 3.63) is 35.9 Å². The zero-order valence-electron chi connectivity index (χ0n) is 5.72. The molecule has 1 radical (unpaired) electrons. The van der Waals surface area contributed by atoms with Gasteiger partial charge in [0.2, 0.25) is 0 Å². The van der Waals surface area contributed by atoms with E-state index in [-0.39, 0.29) is 52.4 Å². The van der Waals surface area contributed by atoms with Gasteiger partial charge in [0.25, 0.3) is 0 Å². The van der Waals surface area contributed by atoms with E-state index in [9.17, 15) is 0 Å². The van der Waals surface area contributed by atoms with Gasteiger partial charge in [-0.25, -0.2) is 0 Å². The summed E-state index contributed by atoms with van der Waals surface area (Å²) in [4.78, 5) is 0. The van der Waals surface area contributed by atoms with Crippen molar-refractivity contribution in [3.8, 4) is 0 Å². The average Bonchev–Trinajstić information content (AvgIpc) is 1.69. The van der Waals surface area contributed by atoms with E-state index >= 15 is 0 Å². The van der Waals surface area contributed by atoms with Crippen molar-refractivity contribution in [1.82, 2.24) is 0 Å². The first-order chi connectivity index (χ1) is 3.39. The Morgan fingerprint density at radius 1 is 1.11 bits per heavy atom. The van der Waals surface area contributed by atoms with Crippen LogP contribution >= 0.6 is 0 Å². The third kappa shape index (κ3) is 5.43. The molecule has 2 heteroatoms. The molecule has 1 aromatic rings. The summed E-state index contributed by atoms with van der Waals surface area (Å²) < 4.78 is 0. The Balaban J connectivity index is 0. The second-order valence-electron chi connectivity index (χ2n) is 1.58. The molecule has 0 aromatic heterocycles. The number of aryl methyl sites for hydroxylation is 1. The van der Waals surface area contributed by atoms with Crippen LogP contribution in [-0.4, -0.2) is 52.4 Å². The van der Waals surface area contributed by atoms with Gasteiger partial charge in [-0.1, -0.05) is 29.8 Å². The molecule has 0 saturated carbocycles. The SMILES string of the molecule is Cc1cc[c]cc1.[BiH3].[BiH3]. The second kappa shape index (κ2) is 7.10. The van der Waals surface area contributed by atoms with E-state index in [1.54, 1.807) is 0 Å². The second-order valence-corrected chi connectivity index (χ2v) is 1.58. The van der Waals surface area contributed by atoms with Crippen molar-refractivity contribution in [3.63, 3.8) is 0 Å². The predicted octanol–water partition coefficient (Wildman–Crippen LogP) is -0.573. The molecule has 0 unspecified atom stereocenters. The molecular weight excluding hydrogens is 502 g/mol. The molecule has 9 heavy (non-hydrogen) atoms. The Hall–Kier alpha value is 0.986. The molecule has 0 spiro atoms. The molecule has 1 rings (SSSR count). The molecule has 0 N–H and O–H groups in total. The van der Waals surface area contributed by atoms with Gasteiger partial charge < -0.3 is 0 Å². The number of benzene rings is 1. The minimum absolute atomic E-state index is 0. The monoisotopic (exact) mass is 515 g/mol. The van der Waals surface area contributed by atoms with Crippen molar-refractivity contribution >= 4 is 52.4 Å². The predicted molar refractivity (Wildman–Crippen MR) is 49.9 cm³/mol. The van der Waals surface area contributed by atoms with Gasteiger partial charge in [0.05, 0.1) is 0 Å². The maximum absolute atomic E-state index is 2.93. The van der Waals surface area contributed by atoms with Crippen LogP contribution in [0.3, 0.4) is 0 Å². The van der Waals surface area contributed by atoms with Gasteiger partial charge in [0.15, 0.2) is 0 Å². The van der Waals surface area contributed by atoms with Crippen molar-refractivity contribution in [2.75, 3.05) is 0 Å². The van der Waals surface area contributed by atoms with Crippen LogP contribution in [0.5, 0.6) is 0 Å². The molecule has 0 fully saturated rings. The van der Waals surface area contributed by atoms with Crippen LogP contribution in [-0.2, 0) is 0 Å². The first-order valence-corrected chi connectivity index (χ1v) is 2.32. The summed E-state index contributed by atoms with van der Waals surface area (Å²) in [7, 11) is 0. The third-order valence-electron chi connectivity index (χ3n) is 0.885. The molecule has 0 atom stereocenters. The molecule has 0 heterocycles. The number of hydrogen-bond donors (Lipinski definition) is 0. The van der Waals surface area contributed by atoms with E-state index in [0.29, 0.717) is 0 Å². The molecule has 0 nitrogen and oxygen atoms in total. The summed E-state index contributed by atoms with van der Waals surface area (Å²) >= 11 is 0. The first kappa shape index (κ1) is 12.6. The van der Waals surface area contributed by atoms with Gasteiger partial charge in [0, 0.05) is 0 Å². The minimum atomic E-state index is 0. The Kier molecular flexibility index (Phi) is 9.97. The first-order valence-electron chi connectivity index (χ1n) is 2.32. The van der Waals surface area contributed by atoms with Gasteiger partial charge in [0.1, 0.15) is 0 Å². The Morgan fingerprint density at radius 3 is 1.78 bits per heavy atom. The van der Waals surface area contributed by atoms with Crippen LogP contribution in [0.4, 0.5) is 0 Å². The molecule has 0 aliphatic carbocycles. The van der Waals surface area contributed by atoms with E-state index < -0.39 is 0 Å². The topological polar surface area (TPSA) is 0 Å². The van der Waals surface area contributed by atoms with Crippen molar-refractivity contribution in [2.45, 2.75) is 6.92 Å². The fourth-order valence-corrected chi connectivity index (χ4v) is 0.470. The summed E-state index contributed by atoms with van der Waals surface area (Å²) in [5, 5.41) is 0. The summed E-state index contributed by atoms with van der Waals surface area (Å²) in [6.45, 7) is 2.06. The van der Waals surface area contributed by atoms with Crippen LogP contribution in [0.1, 0.15) is 5.56 Å². The fraction of sp³-hybridized carbons (Fsp3) is 0.143. The van der Waals surface area contributed by atoms with E-state index in [1.165, 1.54) is 5.56 Å². The zero-order valence-corrected chi connectivity index (χ0v) is 16.7. The van der Waals surface area contributed by atoms with Crippen molar-refractivity contribution in [1.29, 1.82) is 0 Å².